The van der Waals surface area contributed by atoms with Crippen LogP contribution >= 0.6 is 22.9 Å². The molecule has 0 amide bonds. The van der Waals surface area contributed by atoms with Crippen LogP contribution in [0.3, 0.4) is 0 Å². The molecular formula is C16H16ClN3OS. The number of nitrogens with zero attached hydrogens (tertiary/aromatic N) is 3. The Balaban J connectivity index is 1.68. The van der Waals surface area contributed by atoms with E-state index in [1.807, 2.05) is 35.0 Å². The maximum Gasteiger partial charge on any atom is 0.258 e. The molecule has 22 heavy (non-hydrogen) atoms. The maximum absolute atomic E-state index is 6.03. The van der Waals surface area contributed by atoms with Crippen molar-refractivity contribution in [1.82, 2.24) is 15.0 Å². The lowest BCUT2D eigenvalue weighted by Gasteiger charge is -2.18. The van der Waals surface area contributed by atoms with Gasteiger partial charge in [-0.25, -0.2) is 0 Å². The zero-order valence-electron chi connectivity index (χ0n) is 12.2. The van der Waals surface area contributed by atoms with E-state index in [1.54, 1.807) is 11.3 Å². The van der Waals surface area contributed by atoms with E-state index >= 15 is 0 Å². The van der Waals surface area contributed by atoms with Gasteiger partial charge >= 0.3 is 0 Å². The predicted octanol–water partition coefficient (Wildman–Crippen LogP) is 4.47. The van der Waals surface area contributed by atoms with Crippen molar-refractivity contribution in [3.05, 3.63) is 57.5 Å². The highest BCUT2D eigenvalue weighted by Gasteiger charge is 2.12. The fraction of sp³-hybridized carbons (Fsp3) is 0.250. The van der Waals surface area contributed by atoms with Crippen LogP contribution in [0.25, 0.3) is 11.5 Å². The molecule has 0 aliphatic heterocycles. The number of halogens is 1. The third-order valence-electron chi connectivity index (χ3n) is 3.34. The Labute approximate surface area is 138 Å². The number of rotatable bonds is 6. The molecule has 3 rings (SSSR count). The molecule has 0 N–H and O–H groups in total. The number of aromatic nitrogens is 2. The Morgan fingerprint density at radius 2 is 2.18 bits per heavy atom. The highest BCUT2D eigenvalue weighted by molar-refractivity contribution is 7.08. The van der Waals surface area contributed by atoms with E-state index in [4.69, 9.17) is 16.1 Å². The summed E-state index contributed by atoms with van der Waals surface area (Å²) in [5.41, 5.74) is 2.15. The SMILES string of the molecule is CCN(Cc1cccc(Cl)c1)Cc1noc(-c2ccsc2)n1. The standard InChI is InChI=1S/C16H16ClN3OS/c1-2-20(9-12-4-3-5-14(17)8-12)10-15-18-16(21-19-15)13-6-7-22-11-13/h3-8,11H,2,9-10H2,1H3. The van der Waals surface area contributed by atoms with E-state index in [1.165, 1.54) is 5.56 Å². The molecule has 0 saturated carbocycles. The number of hydrogen-bond acceptors (Lipinski definition) is 5. The minimum absolute atomic E-state index is 0.579. The molecule has 0 aliphatic rings. The van der Waals surface area contributed by atoms with E-state index < -0.39 is 0 Å². The maximum atomic E-state index is 6.03. The topological polar surface area (TPSA) is 42.2 Å². The predicted molar refractivity (Wildman–Crippen MR) is 88.9 cm³/mol. The molecule has 4 nitrogen and oxygen atoms in total. The summed E-state index contributed by atoms with van der Waals surface area (Å²) >= 11 is 7.65. The molecule has 0 aliphatic carbocycles. The lowest BCUT2D eigenvalue weighted by atomic mass is 10.2. The number of hydrogen-bond donors (Lipinski definition) is 0. The van der Waals surface area contributed by atoms with Gasteiger partial charge in [0.2, 0.25) is 0 Å². The van der Waals surface area contributed by atoms with E-state index in [9.17, 15) is 0 Å². The van der Waals surface area contributed by atoms with Gasteiger partial charge in [-0.15, -0.1) is 0 Å². The normalized spacial score (nSPS) is 11.2. The number of thiophene rings is 1. The minimum Gasteiger partial charge on any atom is -0.334 e. The quantitative estimate of drug-likeness (QED) is 0.667. The zero-order chi connectivity index (χ0) is 15.4. The van der Waals surface area contributed by atoms with Crippen LogP contribution in [0.15, 0.2) is 45.6 Å². The smallest absolute Gasteiger partial charge is 0.258 e. The first kappa shape index (κ1) is 15.2. The van der Waals surface area contributed by atoms with Crippen LogP contribution in [-0.2, 0) is 13.1 Å². The molecule has 0 bridgehead atoms. The zero-order valence-corrected chi connectivity index (χ0v) is 13.8. The Kier molecular flexibility index (Phi) is 4.87. The Bertz CT molecular complexity index is 727. The first-order valence-corrected chi connectivity index (χ1v) is 8.38. The third-order valence-corrected chi connectivity index (χ3v) is 4.26. The van der Waals surface area contributed by atoms with Crippen LogP contribution in [0.2, 0.25) is 5.02 Å². The highest BCUT2D eigenvalue weighted by Crippen LogP contribution is 2.20. The minimum atomic E-state index is 0.579. The number of benzene rings is 1. The van der Waals surface area contributed by atoms with Gasteiger partial charge in [0.15, 0.2) is 5.82 Å². The van der Waals surface area contributed by atoms with Crippen molar-refractivity contribution in [3.63, 3.8) is 0 Å². The van der Waals surface area contributed by atoms with Gasteiger partial charge in [0.1, 0.15) is 0 Å². The summed E-state index contributed by atoms with van der Waals surface area (Å²) in [7, 11) is 0. The van der Waals surface area contributed by atoms with Gasteiger partial charge in [-0.2, -0.15) is 16.3 Å². The van der Waals surface area contributed by atoms with E-state index in [2.05, 4.69) is 28.0 Å². The molecule has 114 valence electrons. The molecule has 0 atom stereocenters. The summed E-state index contributed by atoms with van der Waals surface area (Å²) in [5, 5.41) is 8.82. The van der Waals surface area contributed by atoms with Gasteiger partial charge in [0, 0.05) is 16.9 Å². The van der Waals surface area contributed by atoms with Gasteiger partial charge in [-0.3, -0.25) is 4.90 Å². The van der Waals surface area contributed by atoms with Crippen LogP contribution in [0.1, 0.15) is 18.3 Å². The van der Waals surface area contributed by atoms with Gasteiger partial charge < -0.3 is 4.52 Å². The summed E-state index contributed by atoms with van der Waals surface area (Å²) in [4.78, 5) is 6.70. The molecule has 1 aromatic carbocycles. The largest absolute Gasteiger partial charge is 0.334 e. The second kappa shape index (κ2) is 7.05. The van der Waals surface area contributed by atoms with Gasteiger partial charge in [0.25, 0.3) is 5.89 Å². The van der Waals surface area contributed by atoms with Gasteiger partial charge in [-0.05, 0) is 35.7 Å². The van der Waals surface area contributed by atoms with Crippen molar-refractivity contribution in [2.24, 2.45) is 0 Å². The lowest BCUT2D eigenvalue weighted by molar-refractivity contribution is 0.259. The van der Waals surface area contributed by atoms with Crippen molar-refractivity contribution in [2.75, 3.05) is 6.54 Å². The molecule has 2 heterocycles. The lowest BCUT2D eigenvalue weighted by Crippen LogP contribution is -2.22. The Hall–Kier alpha value is -1.69. The molecule has 0 unspecified atom stereocenters. The van der Waals surface area contributed by atoms with Gasteiger partial charge in [0.05, 0.1) is 12.1 Å². The fourth-order valence-corrected chi connectivity index (χ4v) is 3.04. The van der Waals surface area contributed by atoms with Crippen molar-refractivity contribution in [3.8, 4) is 11.5 Å². The first-order valence-electron chi connectivity index (χ1n) is 7.06. The third kappa shape index (κ3) is 3.74. The van der Waals surface area contributed by atoms with Crippen molar-refractivity contribution >= 4 is 22.9 Å². The van der Waals surface area contributed by atoms with Crippen LogP contribution < -0.4 is 0 Å². The van der Waals surface area contributed by atoms with Crippen LogP contribution in [0.4, 0.5) is 0 Å². The molecule has 0 saturated heterocycles. The molecule has 0 spiro atoms. The second-order valence-corrected chi connectivity index (χ2v) is 6.18. The van der Waals surface area contributed by atoms with Crippen LogP contribution in [0, 0.1) is 0 Å². The highest BCUT2D eigenvalue weighted by atomic mass is 35.5. The van der Waals surface area contributed by atoms with Crippen molar-refractivity contribution in [1.29, 1.82) is 0 Å². The van der Waals surface area contributed by atoms with E-state index in [0.29, 0.717) is 18.3 Å². The van der Waals surface area contributed by atoms with Gasteiger partial charge in [-0.1, -0.05) is 35.8 Å². The molecule has 6 heteroatoms. The first-order chi connectivity index (χ1) is 10.7. The average Bonchev–Trinajstić information content (AvgIpc) is 3.17. The summed E-state index contributed by atoms with van der Waals surface area (Å²) < 4.78 is 5.32. The van der Waals surface area contributed by atoms with E-state index in [0.717, 1.165) is 23.7 Å². The van der Waals surface area contributed by atoms with Crippen LogP contribution in [-0.4, -0.2) is 21.6 Å². The Morgan fingerprint density at radius 3 is 2.91 bits per heavy atom. The van der Waals surface area contributed by atoms with Crippen LogP contribution in [0.5, 0.6) is 0 Å². The average molecular weight is 334 g/mol. The molecule has 3 aromatic rings. The Morgan fingerprint density at radius 1 is 1.27 bits per heavy atom. The summed E-state index contributed by atoms with van der Waals surface area (Å²) in [6, 6.07) is 9.88. The fourth-order valence-electron chi connectivity index (χ4n) is 2.19. The molecule has 0 fully saturated rings. The molecular weight excluding hydrogens is 318 g/mol. The summed E-state index contributed by atoms with van der Waals surface area (Å²) in [5.74, 6) is 1.28. The summed E-state index contributed by atoms with van der Waals surface area (Å²) in [6.07, 6.45) is 0. The van der Waals surface area contributed by atoms with E-state index in [-0.39, 0.29) is 0 Å². The van der Waals surface area contributed by atoms with Crippen molar-refractivity contribution < 1.29 is 4.52 Å². The molecule has 0 radical (unpaired) electrons. The monoisotopic (exact) mass is 333 g/mol. The van der Waals surface area contributed by atoms with Crippen molar-refractivity contribution in [2.45, 2.75) is 20.0 Å². The molecule has 2 aromatic heterocycles. The second-order valence-electron chi connectivity index (χ2n) is 4.96. The summed E-state index contributed by atoms with van der Waals surface area (Å²) in [6.45, 7) is 4.47.